The van der Waals surface area contributed by atoms with Crippen molar-refractivity contribution in [1.82, 2.24) is 0 Å². The van der Waals surface area contributed by atoms with Gasteiger partial charge in [0.1, 0.15) is 0 Å². The second-order valence-electron chi connectivity index (χ2n) is 0. The van der Waals surface area contributed by atoms with Crippen LogP contribution in [0.3, 0.4) is 0 Å². The highest BCUT2D eigenvalue weighted by atomic mass is 28.1. The largest absolute Gasteiger partial charge is 0.396 e. The summed E-state index contributed by atoms with van der Waals surface area (Å²) in [6.07, 6.45) is 0. The van der Waals surface area contributed by atoms with E-state index in [1.807, 2.05) is 0 Å². The van der Waals surface area contributed by atoms with Crippen molar-refractivity contribution in [3.63, 3.8) is 0 Å². The minimum atomic E-state index is 0. The van der Waals surface area contributed by atoms with Gasteiger partial charge in [-0.05, 0) is 0 Å². The summed E-state index contributed by atoms with van der Waals surface area (Å²) in [6, 6.07) is 0. The Morgan fingerprint density at radius 3 is 1.40 bits per heavy atom. The molecule has 0 aliphatic carbocycles. The zero-order valence-electron chi connectivity index (χ0n) is 2.72. The van der Waals surface area contributed by atoms with Crippen molar-refractivity contribution in [2.75, 3.05) is 0 Å². The van der Waals surface area contributed by atoms with Crippen molar-refractivity contribution >= 4 is 37.4 Å². The van der Waals surface area contributed by atoms with Crippen molar-refractivity contribution in [3.8, 4) is 0 Å². The molecule has 3 radical (unpaired) electrons. The normalized spacial score (nSPS) is 1.20. The summed E-state index contributed by atoms with van der Waals surface area (Å²) in [6.45, 7) is 0. The van der Waals surface area contributed by atoms with E-state index in [0.29, 0.717) is 10.1 Å². The first-order valence-electron chi connectivity index (χ1n) is 0.547. The monoisotopic (exact) mass is 116 g/mol. The molecule has 2 nitrogen and oxygen atoms in total. The van der Waals surface area contributed by atoms with Crippen molar-refractivity contribution in [2.45, 2.75) is 0 Å². The number of nitrogens with zero attached hydrogens (tertiary/aromatic N) is 1. The van der Waals surface area contributed by atoms with Gasteiger partial charge in [0, 0.05) is 17.4 Å². The standard InChI is InChI=1S/Al.HNSi.H2OSi/c;2*1-2/h;2H;2H2. The fourth-order valence-corrected chi connectivity index (χ4v) is 0. The van der Waals surface area contributed by atoms with Crippen LogP contribution in [0, 0.1) is 4.89 Å². The zero-order chi connectivity index (χ0) is 4.00. The molecule has 0 atom stereocenters. The van der Waals surface area contributed by atoms with Crippen LogP contribution in [0.5, 0.6) is 0 Å². The summed E-state index contributed by atoms with van der Waals surface area (Å²) >= 11 is 0. The van der Waals surface area contributed by atoms with E-state index in [1.54, 1.807) is 0 Å². The van der Waals surface area contributed by atoms with E-state index in [4.69, 9.17) is 9.35 Å². The fraction of sp³-hybridized carbons (Fsp3) is 0. The summed E-state index contributed by atoms with van der Waals surface area (Å²) in [5.41, 5.74) is 0. The van der Waals surface area contributed by atoms with Crippen LogP contribution >= 0.6 is 0 Å². The Kier molecular flexibility index (Phi) is 854. The maximum Gasteiger partial charge on any atom is 0.245 e. The van der Waals surface area contributed by atoms with Gasteiger partial charge in [0.25, 0.3) is 0 Å². The lowest BCUT2D eigenvalue weighted by Gasteiger charge is -0.852. The zero-order valence-corrected chi connectivity index (χ0v) is 6.44. The molecule has 0 saturated heterocycles. The van der Waals surface area contributed by atoms with E-state index < -0.39 is 0 Å². The summed E-state index contributed by atoms with van der Waals surface area (Å²) in [7, 11) is 2.03. The van der Waals surface area contributed by atoms with Crippen LogP contribution in [0.25, 0.3) is 0 Å². The van der Waals surface area contributed by atoms with E-state index in [9.17, 15) is 0 Å². The lowest BCUT2D eigenvalue weighted by Crippen LogP contribution is -0.969. The molecule has 0 saturated carbocycles. The van der Waals surface area contributed by atoms with Crippen LogP contribution in [0.15, 0.2) is 0 Å². The predicted octanol–water partition coefficient (Wildman–Crippen LogP) is -2.05. The lowest BCUT2D eigenvalue weighted by molar-refractivity contribution is 0.590. The summed E-state index contributed by atoms with van der Waals surface area (Å²) in [5.74, 6) is 0. The van der Waals surface area contributed by atoms with E-state index in [2.05, 4.69) is 0 Å². The third-order valence-electron chi connectivity index (χ3n) is 0. The molecule has 0 aromatic carbocycles. The van der Waals surface area contributed by atoms with Gasteiger partial charge in [-0.2, -0.15) is 0 Å². The van der Waals surface area contributed by atoms with Gasteiger partial charge in [0.05, 0.1) is 0 Å². The van der Waals surface area contributed by atoms with Crippen LogP contribution in [-0.2, 0) is 4.46 Å². The molecule has 0 unspecified atom stereocenters. The molecule has 0 spiro atoms. The van der Waals surface area contributed by atoms with Gasteiger partial charge in [0.15, 0.2) is 9.88 Å². The topological polar surface area (TPSA) is 40.9 Å². The maximum atomic E-state index is 8.28. The molecule has 0 rings (SSSR count). The molecule has 0 heterocycles. The summed E-state index contributed by atoms with van der Waals surface area (Å²) in [4.78, 5) is 6.92. The minimum absolute atomic E-state index is 0. The molecule has 0 aliphatic heterocycles. The van der Waals surface area contributed by atoms with Gasteiger partial charge >= 0.3 is 0 Å². The molecule has 25 valence electrons. The number of hydrogen-bond acceptors (Lipinski definition) is 2. The first-order valence-corrected chi connectivity index (χ1v) is 1.64. The van der Waals surface area contributed by atoms with Gasteiger partial charge in [-0.3, -0.25) is 4.89 Å². The molecule has 0 aliphatic rings. The first kappa shape index (κ1) is 17.9. The average Bonchev–Trinajstić information content (AvgIpc) is 1.50. The quantitative estimate of drug-likeness (QED) is 0.342. The van der Waals surface area contributed by atoms with Gasteiger partial charge in [-0.25, -0.2) is 0 Å². The second kappa shape index (κ2) is 239. The molecule has 0 N–H and O–H groups in total. The molecular formula is H3AlNOSi2. The number of rotatable bonds is 0. The van der Waals surface area contributed by atoms with Gasteiger partial charge < -0.3 is 4.46 Å². The van der Waals surface area contributed by atoms with Crippen LogP contribution in [-0.4, -0.2) is 37.4 Å². The Morgan fingerprint density at radius 2 is 1.40 bits per heavy atom. The third kappa shape index (κ3) is 121. The molecule has 0 amide bonds. The van der Waals surface area contributed by atoms with Crippen molar-refractivity contribution < 1.29 is 4.46 Å². The minimum Gasteiger partial charge on any atom is -0.396 e. The lowest BCUT2D eigenvalue weighted by atomic mass is 14.0. The predicted molar refractivity (Wildman–Crippen MR) is 23.9 cm³/mol. The molecule has 5 heavy (non-hydrogen) atoms. The first-order chi connectivity index (χ1) is 2.00. The number of hydrogen-bond donors (Lipinski definition) is 0. The Morgan fingerprint density at radius 1 is 1.40 bits per heavy atom. The van der Waals surface area contributed by atoms with E-state index in [1.165, 1.54) is 9.88 Å². The molecule has 0 bridgehead atoms. The van der Waals surface area contributed by atoms with Crippen LogP contribution in [0.4, 0.5) is 0 Å². The van der Waals surface area contributed by atoms with Crippen molar-refractivity contribution in [3.05, 3.63) is 0 Å². The third-order valence-corrected chi connectivity index (χ3v) is 0. The Labute approximate surface area is 47.2 Å². The average molecular weight is 116 g/mol. The van der Waals surface area contributed by atoms with Gasteiger partial charge in [-0.1, -0.05) is 0 Å². The molecular weight excluding hydrogens is 113 g/mol. The smallest absolute Gasteiger partial charge is 0.245 e. The summed E-state index contributed by atoms with van der Waals surface area (Å²) < 4.78 is 8.28. The Bertz CT molecular complexity index is 20.9. The van der Waals surface area contributed by atoms with Crippen molar-refractivity contribution in [1.29, 1.82) is 4.89 Å². The SMILES string of the molecule is N#[SiH].O=[SiH2].[Al]. The van der Waals surface area contributed by atoms with E-state index in [0.717, 1.165) is 0 Å². The maximum absolute atomic E-state index is 8.28. The van der Waals surface area contributed by atoms with E-state index in [-0.39, 0.29) is 17.4 Å². The van der Waals surface area contributed by atoms with Crippen LogP contribution in [0.1, 0.15) is 0 Å². The highest BCUT2D eigenvalue weighted by Crippen LogP contribution is 0.469. The van der Waals surface area contributed by atoms with Crippen molar-refractivity contribution in [2.24, 2.45) is 0 Å². The van der Waals surface area contributed by atoms with Gasteiger partial charge in [-0.15, -0.1) is 0 Å². The Hall–Kier alpha value is 0.476. The molecule has 0 fully saturated rings. The molecule has 0 aromatic heterocycles. The molecule has 0 aromatic rings. The van der Waals surface area contributed by atoms with E-state index >= 15 is 0 Å². The highest BCUT2D eigenvalue weighted by Gasteiger charge is 0.701. The second-order valence-corrected chi connectivity index (χ2v) is 0. The molecule has 5 heteroatoms. The Balaban J connectivity index is -0.0000000133. The van der Waals surface area contributed by atoms with Crippen LogP contribution in [0.2, 0.25) is 0 Å². The van der Waals surface area contributed by atoms with Gasteiger partial charge in [0.2, 0.25) is 10.1 Å². The summed E-state index contributed by atoms with van der Waals surface area (Å²) in [5, 5.41) is 0. The highest BCUT2D eigenvalue weighted by molar-refractivity contribution is 5.85. The van der Waals surface area contributed by atoms with Crippen LogP contribution < -0.4 is 0 Å². The fourth-order valence-electron chi connectivity index (χ4n) is 0.